The number of hydrogen-bond acceptors (Lipinski definition) is 2. The van der Waals surface area contributed by atoms with Gasteiger partial charge < -0.3 is 10.8 Å². The van der Waals surface area contributed by atoms with Crippen molar-refractivity contribution in [3.63, 3.8) is 0 Å². The summed E-state index contributed by atoms with van der Waals surface area (Å²) >= 11 is 0. The van der Waals surface area contributed by atoms with E-state index in [-0.39, 0.29) is 0 Å². The molecule has 0 heterocycles. The molecule has 100 valence electrons. The van der Waals surface area contributed by atoms with Crippen molar-refractivity contribution in [2.45, 2.75) is 33.4 Å². The van der Waals surface area contributed by atoms with Crippen molar-refractivity contribution < 1.29 is 5.11 Å². The molecule has 0 fully saturated rings. The molecule has 2 aromatic carbocycles. The summed E-state index contributed by atoms with van der Waals surface area (Å²) in [5.41, 5.74) is 12.1. The average molecular weight is 255 g/mol. The van der Waals surface area contributed by atoms with E-state index in [4.69, 9.17) is 5.73 Å². The van der Waals surface area contributed by atoms with Crippen LogP contribution in [0.1, 0.15) is 39.5 Å². The number of benzene rings is 2. The van der Waals surface area contributed by atoms with Gasteiger partial charge in [-0.2, -0.15) is 0 Å². The summed E-state index contributed by atoms with van der Waals surface area (Å²) in [5.74, 6) is 0. The van der Waals surface area contributed by atoms with E-state index in [1.807, 2.05) is 38.1 Å². The van der Waals surface area contributed by atoms with Gasteiger partial charge >= 0.3 is 0 Å². The maximum Gasteiger partial charge on any atom is 0.105 e. The Hall–Kier alpha value is -1.64. The number of rotatable bonds is 3. The fourth-order valence-corrected chi connectivity index (χ4v) is 2.63. The molecular weight excluding hydrogens is 234 g/mol. The SMILES string of the molecule is Cc1cc(C)c(C(O)c2ccc(CN)cc2)c(C)c1. The third-order valence-electron chi connectivity index (χ3n) is 3.54. The Kier molecular flexibility index (Phi) is 4.03. The highest BCUT2D eigenvalue weighted by Gasteiger charge is 2.15. The van der Waals surface area contributed by atoms with Crippen LogP contribution in [-0.4, -0.2) is 5.11 Å². The van der Waals surface area contributed by atoms with Crippen molar-refractivity contribution in [3.05, 3.63) is 69.8 Å². The molecule has 0 aliphatic heterocycles. The second-order valence-corrected chi connectivity index (χ2v) is 5.16. The molecular formula is C17H21NO. The zero-order valence-corrected chi connectivity index (χ0v) is 11.8. The molecule has 0 aliphatic rings. The summed E-state index contributed by atoms with van der Waals surface area (Å²) in [4.78, 5) is 0. The second kappa shape index (κ2) is 5.55. The van der Waals surface area contributed by atoms with E-state index in [0.717, 1.165) is 27.8 Å². The van der Waals surface area contributed by atoms with E-state index < -0.39 is 6.10 Å². The summed E-state index contributed by atoms with van der Waals surface area (Å²) in [6, 6.07) is 12.1. The Labute approximate surface area is 114 Å². The van der Waals surface area contributed by atoms with E-state index in [2.05, 4.69) is 19.1 Å². The van der Waals surface area contributed by atoms with Gasteiger partial charge in [0.15, 0.2) is 0 Å². The summed E-state index contributed by atoms with van der Waals surface area (Å²) in [6.07, 6.45) is -0.576. The van der Waals surface area contributed by atoms with E-state index in [0.29, 0.717) is 6.54 Å². The molecule has 1 unspecified atom stereocenters. The van der Waals surface area contributed by atoms with Crippen molar-refractivity contribution >= 4 is 0 Å². The molecule has 2 rings (SSSR count). The number of aryl methyl sites for hydroxylation is 3. The van der Waals surface area contributed by atoms with Crippen LogP contribution in [0.3, 0.4) is 0 Å². The van der Waals surface area contributed by atoms with Crippen LogP contribution >= 0.6 is 0 Å². The minimum Gasteiger partial charge on any atom is -0.384 e. The number of aliphatic hydroxyl groups excluding tert-OH is 1. The first-order chi connectivity index (χ1) is 9.02. The summed E-state index contributed by atoms with van der Waals surface area (Å²) in [6.45, 7) is 6.70. The minimum absolute atomic E-state index is 0.527. The summed E-state index contributed by atoms with van der Waals surface area (Å²) in [7, 11) is 0. The zero-order chi connectivity index (χ0) is 14.0. The van der Waals surface area contributed by atoms with Crippen LogP contribution in [0.25, 0.3) is 0 Å². The maximum atomic E-state index is 10.6. The lowest BCUT2D eigenvalue weighted by molar-refractivity contribution is 0.218. The van der Waals surface area contributed by atoms with Crippen LogP contribution in [0.5, 0.6) is 0 Å². The van der Waals surface area contributed by atoms with Gasteiger partial charge in [0.25, 0.3) is 0 Å². The Morgan fingerprint density at radius 1 is 1.00 bits per heavy atom. The summed E-state index contributed by atoms with van der Waals surface area (Å²) in [5, 5.41) is 10.6. The second-order valence-electron chi connectivity index (χ2n) is 5.16. The first-order valence-corrected chi connectivity index (χ1v) is 6.57. The van der Waals surface area contributed by atoms with Gasteiger partial charge in [-0.1, -0.05) is 42.0 Å². The van der Waals surface area contributed by atoms with E-state index >= 15 is 0 Å². The molecule has 19 heavy (non-hydrogen) atoms. The quantitative estimate of drug-likeness (QED) is 0.885. The van der Waals surface area contributed by atoms with Gasteiger partial charge in [0.05, 0.1) is 0 Å². The molecule has 0 radical (unpaired) electrons. The van der Waals surface area contributed by atoms with Crippen molar-refractivity contribution in [2.24, 2.45) is 5.73 Å². The highest BCUT2D eigenvalue weighted by molar-refractivity contribution is 5.43. The van der Waals surface area contributed by atoms with Crippen molar-refractivity contribution in [1.82, 2.24) is 0 Å². The van der Waals surface area contributed by atoms with Gasteiger partial charge in [0.1, 0.15) is 6.10 Å². The molecule has 3 N–H and O–H groups in total. The molecule has 0 amide bonds. The van der Waals surface area contributed by atoms with Crippen LogP contribution in [0, 0.1) is 20.8 Å². The van der Waals surface area contributed by atoms with Crippen LogP contribution in [0.4, 0.5) is 0 Å². The fourth-order valence-electron chi connectivity index (χ4n) is 2.63. The van der Waals surface area contributed by atoms with Crippen molar-refractivity contribution in [2.75, 3.05) is 0 Å². The van der Waals surface area contributed by atoms with Gasteiger partial charge in [-0.05, 0) is 48.6 Å². The van der Waals surface area contributed by atoms with Gasteiger partial charge in [0, 0.05) is 6.54 Å². The lowest BCUT2D eigenvalue weighted by Gasteiger charge is -2.18. The van der Waals surface area contributed by atoms with Gasteiger partial charge in [-0.15, -0.1) is 0 Å². The molecule has 0 aliphatic carbocycles. The largest absolute Gasteiger partial charge is 0.384 e. The van der Waals surface area contributed by atoms with Crippen LogP contribution in [0.2, 0.25) is 0 Å². The molecule has 0 aromatic heterocycles. The third-order valence-corrected chi connectivity index (χ3v) is 3.54. The predicted molar refractivity (Wildman–Crippen MR) is 79.0 cm³/mol. The maximum absolute atomic E-state index is 10.6. The Bertz CT molecular complexity index is 549. The molecule has 2 nitrogen and oxygen atoms in total. The molecule has 2 aromatic rings. The van der Waals surface area contributed by atoms with Crippen molar-refractivity contribution in [1.29, 1.82) is 0 Å². The monoisotopic (exact) mass is 255 g/mol. The first-order valence-electron chi connectivity index (χ1n) is 6.57. The van der Waals surface area contributed by atoms with Crippen molar-refractivity contribution in [3.8, 4) is 0 Å². The Morgan fingerprint density at radius 3 is 2.00 bits per heavy atom. The third kappa shape index (κ3) is 2.86. The Balaban J connectivity index is 2.40. The topological polar surface area (TPSA) is 46.2 Å². The predicted octanol–water partition coefficient (Wildman–Crippen LogP) is 3.15. The zero-order valence-electron chi connectivity index (χ0n) is 11.8. The van der Waals surface area contributed by atoms with Gasteiger partial charge in [-0.3, -0.25) is 0 Å². The number of nitrogens with two attached hydrogens (primary N) is 1. The van der Waals surface area contributed by atoms with Crippen LogP contribution < -0.4 is 5.73 Å². The highest BCUT2D eigenvalue weighted by atomic mass is 16.3. The number of hydrogen-bond donors (Lipinski definition) is 2. The average Bonchev–Trinajstić information content (AvgIpc) is 2.37. The fraction of sp³-hybridized carbons (Fsp3) is 0.294. The standard InChI is InChI=1S/C17H21NO/c1-11-8-12(2)16(13(3)9-11)17(19)15-6-4-14(10-18)5-7-15/h4-9,17,19H,10,18H2,1-3H3. The molecule has 0 saturated carbocycles. The smallest absolute Gasteiger partial charge is 0.105 e. The van der Waals surface area contributed by atoms with Crippen LogP contribution in [-0.2, 0) is 6.54 Å². The minimum atomic E-state index is -0.576. The lowest BCUT2D eigenvalue weighted by Crippen LogP contribution is -2.05. The first kappa shape index (κ1) is 13.8. The lowest BCUT2D eigenvalue weighted by atomic mass is 9.91. The van der Waals surface area contributed by atoms with E-state index in [1.165, 1.54) is 5.56 Å². The van der Waals surface area contributed by atoms with Gasteiger partial charge in [-0.25, -0.2) is 0 Å². The molecule has 0 spiro atoms. The number of aliphatic hydroxyl groups is 1. The highest BCUT2D eigenvalue weighted by Crippen LogP contribution is 2.28. The van der Waals surface area contributed by atoms with E-state index in [9.17, 15) is 5.11 Å². The molecule has 0 bridgehead atoms. The normalized spacial score (nSPS) is 12.5. The van der Waals surface area contributed by atoms with Crippen LogP contribution in [0.15, 0.2) is 36.4 Å². The molecule has 2 heteroatoms. The molecule has 0 saturated heterocycles. The van der Waals surface area contributed by atoms with Gasteiger partial charge in [0.2, 0.25) is 0 Å². The molecule has 1 atom stereocenters. The Morgan fingerprint density at radius 2 is 1.53 bits per heavy atom. The summed E-state index contributed by atoms with van der Waals surface area (Å²) < 4.78 is 0. The van der Waals surface area contributed by atoms with E-state index in [1.54, 1.807) is 0 Å².